The number of fused-ring (bicyclic) bond motifs is 1. The van der Waals surface area contributed by atoms with Gasteiger partial charge in [0.05, 0.1) is 34.7 Å². The first-order valence-corrected chi connectivity index (χ1v) is 17.8. The summed E-state index contributed by atoms with van der Waals surface area (Å²) in [6.45, 7) is 6.61. The van der Waals surface area contributed by atoms with Gasteiger partial charge in [0.15, 0.2) is 0 Å². The summed E-state index contributed by atoms with van der Waals surface area (Å²) in [7, 11) is 1.73. The zero-order valence-corrected chi connectivity index (χ0v) is 28.8. The third kappa shape index (κ3) is 6.97. The zero-order chi connectivity index (χ0) is 32.4. The van der Waals surface area contributed by atoms with Gasteiger partial charge in [0.25, 0.3) is 0 Å². The normalized spacial score (nSPS) is 16.8. The van der Waals surface area contributed by atoms with Crippen LogP contribution < -0.4 is 24.6 Å². The number of halogens is 1. The molecule has 0 spiro atoms. The molecular weight excluding hydrogens is 672 g/mol. The molecule has 6 rings (SSSR count). The molecule has 46 heavy (non-hydrogen) atoms. The Morgan fingerprint density at radius 1 is 0.957 bits per heavy atom. The van der Waals surface area contributed by atoms with Crippen LogP contribution in [0.5, 0.6) is 5.75 Å². The molecule has 244 valence electrons. The number of likely N-dealkylation sites (N-methyl/N-ethyl adjacent to an activating group) is 1. The summed E-state index contributed by atoms with van der Waals surface area (Å²) in [6.07, 6.45) is 8.17. The first kappa shape index (κ1) is 32.2. The maximum atomic E-state index is 12.6. The highest BCUT2D eigenvalue weighted by molar-refractivity contribution is 9.10. The number of anilines is 6. The van der Waals surface area contributed by atoms with E-state index in [0.29, 0.717) is 50.4 Å². The number of aromatic nitrogens is 4. The average Bonchev–Trinajstić information content (AvgIpc) is 3.06. The lowest BCUT2D eigenvalue weighted by Crippen LogP contribution is -2.52. The number of hydrogen-bond acceptors (Lipinski definition) is 12. The predicted octanol–water partition coefficient (Wildman–Crippen LogP) is 4.29. The standard InChI is InChI=1S/C31H39BrN10O3S/c1-39-15-17-42(18-16-39)21-9-13-41(14-10-21)22-5-6-24(27(19-22)45-3)37-31-35-20-23(32)30(38-31)36-26-8-7-25-28(34-12-11-33-25)29(26)40(2)46(4,43)44/h5-8,11-12,19-21H,9-10,13-18H2,1-4H3,(H2,35,36,37,38). The second-order valence-corrected chi connectivity index (χ2v) is 14.6. The van der Waals surface area contributed by atoms with Crippen molar-refractivity contribution in [3.8, 4) is 5.75 Å². The lowest BCUT2D eigenvalue weighted by molar-refractivity contribution is 0.0982. The van der Waals surface area contributed by atoms with Gasteiger partial charge in [0.1, 0.15) is 22.8 Å². The lowest BCUT2D eigenvalue weighted by atomic mass is 10.0. The van der Waals surface area contributed by atoms with Crippen molar-refractivity contribution in [2.24, 2.45) is 0 Å². The summed E-state index contributed by atoms with van der Waals surface area (Å²) < 4.78 is 32.7. The van der Waals surface area contributed by atoms with Crippen LogP contribution in [0, 0.1) is 0 Å². The molecular formula is C31H39BrN10O3S. The van der Waals surface area contributed by atoms with E-state index in [4.69, 9.17) is 9.72 Å². The van der Waals surface area contributed by atoms with E-state index in [9.17, 15) is 8.42 Å². The van der Waals surface area contributed by atoms with Gasteiger partial charge in [-0.2, -0.15) is 4.98 Å². The molecule has 0 saturated carbocycles. The summed E-state index contributed by atoms with van der Waals surface area (Å²) in [4.78, 5) is 25.4. The van der Waals surface area contributed by atoms with E-state index >= 15 is 0 Å². The molecule has 0 unspecified atom stereocenters. The Labute approximate surface area is 278 Å². The van der Waals surface area contributed by atoms with E-state index in [2.05, 4.69) is 75.4 Å². The molecule has 2 aliphatic heterocycles. The average molecular weight is 712 g/mol. The van der Waals surface area contributed by atoms with Crippen LogP contribution in [0.4, 0.5) is 34.5 Å². The molecule has 0 radical (unpaired) electrons. The minimum absolute atomic E-state index is 0.336. The Bertz CT molecular complexity index is 1810. The molecule has 4 heterocycles. The minimum Gasteiger partial charge on any atom is -0.494 e. The molecule has 2 N–H and O–H groups in total. The van der Waals surface area contributed by atoms with Crippen LogP contribution >= 0.6 is 15.9 Å². The molecule has 15 heteroatoms. The predicted molar refractivity (Wildman–Crippen MR) is 186 cm³/mol. The summed E-state index contributed by atoms with van der Waals surface area (Å²) in [5.41, 5.74) is 3.71. The number of ether oxygens (including phenoxy) is 1. The maximum Gasteiger partial charge on any atom is 0.232 e. The van der Waals surface area contributed by atoms with E-state index in [0.717, 1.165) is 69.7 Å². The second-order valence-electron chi connectivity index (χ2n) is 11.7. The highest BCUT2D eigenvalue weighted by Gasteiger charge is 2.27. The van der Waals surface area contributed by atoms with E-state index in [-0.39, 0.29) is 0 Å². The van der Waals surface area contributed by atoms with Crippen molar-refractivity contribution in [2.45, 2.75) is 18.9 Å². The third-order valence-corrected chi connectivity index (χ3v) is 10.5. The van der Waals surface area contributed by atoms with Crippen molar-refractivity contribution < 1.29 is 13.2 Å². The van der Waals surface area contributed by atoms with Gasteiger partial charge < -0.3 is 25.2 Å². The van der Waals surface area contributed by atoms with Crippen LogP contribution in [0.15, 0.2) is 53.4 Å². The minimum atomic E-state index is -3.60. The van der Waals surface area contributed by atoms with Gasteiger partial charge >= 0.3 is 0 Å². The third-order valence-electron chi connectivity index (χ3n) is 8.74. The van der Waals surface area contributed by atoms with Crippen LogP contribution in [0.25, 0.3) is 11.0 Å². The van der Waals surface area contributed by atoms with Crippen molar-refractivity contribution in [3.63, 3.8) is 0 Å². The van der Waals surface area contributed by atoms with Gasteiger partial charge in [-0.05, 0) is 60.1 Å². The summed E-state index contributed by atoms with van der Waals surface area (Å²) >= 11 is 3.53. The summed E-state index contributed by atoms with van der Waals surface area (Å²) in [5.74, 6) is 1.45. The first-order valence-electron chi connectivity index (χ1n) is 15.2. The van der Waals surface area contributed by atoms with Gasteiger partial charge in [-0.3, -0.25) is 19.2 Å². The van der Waals surface area contributed by atoms with Crippen molar-refractivity contribution in [3.05, 3.63) is 53.4 Å². The first-order chi connectivity index (χ1) is 22.1. The van der Waals surface area contributed by atoms with Crippen LogP contribution in [0.3, 0.4) is 0 Å². The number of piperazine rings is 1. The number of nitrogens with zero attached hydrogens (tertiary/aromatic N) is 8. The molecule has 0 amide bonds. The number of benzene rings is 2. The second kappa shape index (κ2) is 13.5. The monoisotopic (exact) mass is 710 g/mol. The molecule has 4 aromatic rings. The molecule has 2 fully saturated rings. The van der Waals surface area contributed by atoms with E-state index in [1.165, 1.54) is 17.5 Å². The van der Waals surface area contributed by atoms with E-state index in [1.54, 1.807) is 31.6 Å². The maximum absolute atomic E-state index is 12.6. The smallest absolute Gasteiger partial charge is 0.232 e. The number of methoxy groups -OCH3 is 1. The number of nitrogens with one attached hydrogen (secondary N) is 2. The molecule has 2 aliphatic rings. The Morgan fingerprint density at radius 3 is 2.39 bits per heavy atom. The number of rotatable bonds is 9. The topological polar surface area (TPSA) is 132 Å². The highest BCUT2D eigenvalue weighted by atomic mass is 79.9. The molecule has 2 aromatic heterocycles. The van der Waals surface area contributed by atoms with Crippen LogP contribution in [0.1, 0.15) is 12.8 Å². The van der Waals surface area contributed by atoms with Crippen molar-refractivity contribution in [2.75, 3.05) is 86.6 Å². The van der Waals surface area contributed by atoms with Gasteiger partial charge in [-0.1, -0.05) is 0 Å². The van der Waals surface area contributed by atoms with Crippen LogP contribution in [-0.4, -0.2) is 111 Å². The largest absolute Gasteiger partial charge is 0.494 e. The van der Waals surface area contributed by atoms with Gasteiger partial charge in [-0.15, -0.1) is 0 Å². The van der Waals surface area contributed by atoms with Gasteiger partial charge in [-0.25, -0.2) is 13.4 Å². The molecule has 0 aliphatic carbocycles. The quantitative estimate of drug-likeness (QED) is 0.257. The summed E-state index contributed by atoms with van der Waals surface area (Å²) in [5, 5.41) is 6.55. The molecule has 13 nitrogen and oxygen atoms in total. The van der Waals surface area contributed by atoms with Gasteiger partial charge in [0, 0.05) is 82.7 Å². The van der Waals surface area contributed by atoms with Crippen molar-refractivity contribution in [1.82, 2.24) is 29.7 Å². The SMILES string of the molecule is COc1cc(N2CCC(N3CCN(C)CC3)CC2)ccc1Nc1ncc(Br)c(Nc2ccc3nccnc3c2N(C)S(C)(=O)=O)n1. The summed E-state index contributed by atoms with van der Waals surface area (Å²) in [6, 6.07) is 10.3. The van der Waals surface area contributed by atoms with Crippen molar-refractivity contribution in [1.29, 1.82) is 0 Å². The zero-order valence-electron chi connectivity index (χ0n) is 26.4. The molecule has 0 bridgehead atoms. The highest BCUT2D eigenvalue weighted by Crippen LogP contribution is 2.37. The number of piperidine rings is 1. The fourth-order valence-corrected chi connectivity index (χ4v) is 6.83. The number of sulfonamides is 1. The Hall–Kier alpha value is -3.79. The fourth-order valence-electron chi connectivity index (χ4n) is 6.03. The van der Waals surface area contributed by atoms with Gasteiger partial charge in [0.2, 0.25) is 16.0 Å². The van der Waals surface area contributed by atoms with E-state index < -0.39 is 10.0 Å². The Kier molecular flexibility index (Phi) is 9.45. The fraction of sp³-hybridized carbons (Fsp3) is 0.419. The molecule has 0 atom stereocenters. The Morgan fingerprint density at radius 2 is 1.67 bits per heavy atom. The van der Waals surface area contributed by atoms with E-state index in [1.807, 2.05) is 6.07 Å². The van der Waals surface area contributed by atoms with Crippen LogP contribution in [-0.2, 0) is 10.0 Å². The molecule has 2 saturated heterocycles. The molecule has 2 aromatic carbocycles. The number of hydrogen-bond donors (Lipinski definition) is 2. The lowest BCUT2D eigenvalue weighted by Gasteiger charge is -2.42. The van der Waals surface area contributed by atoms with Crippen molar-refractivity contribution >= 4 is 71.5 Å². The van der Waals surface area contributed by atoms with Crippen LogP contribution in [0.2, 0.25) is 0 Å². The Balaban J connectivity index is 1.19.